The summed E-state index contributed by atoms with van der Waals surface area (Å²) in [4.78, 5) is 12.4. The third kappa shape index (κ3) is 3.21. The number of aromatic nitrogens is 4. The molecule has 4 atom stereocenters. The molecular formula is C15H23N7O4. The molecule has 1 aliphatic heterocycles. The quantitative estimate of drug-likeness (QED) is 0.338. The second-order valence-corrected chi connectivity index (χ2v) is 6.17. The van der Waals surface area contributed by atoms with Crippen molar-refractivity contribution in [2.24, 2.45) is 5.10 Å². The van der Waals surface area contributed by atoms with Gasteiger partial charge in [-0.05, 0) is 13.3 Å². The van der Waals surface area contributed by atoms with Crippen molar-refractivity contribution in [2.75, 3.05) is 17.8 Å². The van der Waals surface area contributed by atoms with Gasteiger partial charge in [0.2, 0.25) is 5.95 Å². The van der Waals surface area contributed by atoms with Crippen molar-refractivity contribution in [2.45, 2.75) is 51.2 Å². The van der Waals surface area contributed by atoms with Gasteiger partial charge in [0.15, 0.2) is 23.2 Å². The molecule has 11 heteroatoms. The summed E-state index contributed by atoms with van der Waals surface area (Å²) in [7, 11) is 0. The molecule has 1 fully saturated rings. The third-order valence-corrected chi connectivity index (χ3v) is 4.24. The number of aliphatic hydroxyl groups is 3. The fourth-order valence-corrected chi connectivity index (χ4v) is 2.90. The van der Waals surface area contributed by atoms with E-state index >= 15 is 0 Å². The van der Waals surface area contributed by atoms with Gasteiger partial charge >= 0.3 is 0 Å². The smallest absolute Gasteiger partial charge is 0.228 e. The number of aliphatic hydroxyl groups excluding tert-OH is 3. The summed E-state index contributed by atoms with van der Waals surface area (Å²) < 4.78 is 7.06. The van der Waals surface area contributed by atoms with E-state index in [0.717, 1.165) is 18.6 Å². The Labute approximate surface area is 149 Å². The molecule has 3 rings (SSSR count). The van der Waals surface area contributed by atoms with Gasteiger partial charge in [-0.2, -0.15) is 5.10 Å². The first kappa shape index (κ1) is 18.5. The van der Waals surface area contributed by atoms with E-state index in [4.69, 9.17) is 10.5 Å². The average Bonchev–Trinajstić information content (AvgIpc) is 3.12. The Hall–Kier alpha value is -2.34. The zero-order chi connectivity index (χ0) is 18.8. The van der Waals surface area contributed by atoms with Gasteiger partial charge in [-0.15, -0.1) is 0 Å². The molecule has 26 heavy (non-hydrogen) atoms. The maximum Gasteiger partial charge on any atom is 0.228 e. The van der Waals surface area contributed by atoms with Crippen LogP contribution in [0.15, 0.2) is 11.4 Å². The Kier molecular flexibility index (Phi) is 5.32. The topological polar surface area (TPSA) is 164 Å². The van der Waals surface area contributed by atoms with Crippen LogP contribution in [0.1, 0.15) is 32.9 Å². The lowest BCUT2D eigenvalue weighted by atomic mass is 10.1. The van der Waals surface area contributed by atoms with Crippen LogP contribution in [0.3, 0.4) is 0 Å². The van der Waals surface area contributed by atoms with Crippen LogP contribution in [0.5, 0.6) is 0 Å². The first-order valence-electron chi connectivity index (χ1n) is 8.38. The maximum absolute atomic E-state index is 10.4. The molecule has 2 aromatic rings. The number of imidazole rings is 1. The molecule has 3 heterocycles. The van der Waals surface area contributed by atoms with Crippen LogP contribution in [0.2, 0.25) is 0 Å². The standard InChI is InChI=1S/C15H23N7O4/c1-3-4-7(2)20-21-15-19-9-12(16)17-6-18-13(9)22(15)14-11(25)10(24)8(5-23)26-14/h6,8,10-11,14,23-25H,3-5H2,1-2H3,(H,19,21)(H2,16,17,18)/b20-7+/t8-,10-,11+,14-/m1/s1. The Morgan fingerprint density at radius 1 is 1.38 bits per heavy atom. The molecule has 0 aliphatic carbocycles. The molecule has 6 N–H and O–H groups in total. The number of nitrogens with zero attached hydrogens (tertiary/aromatic N) is 5. The van der Waals surface area contributed by atoms with Crippen molar-refractivity contribution < 1.29 is 20.1 Å². The van der Waals surface area contributed by atoms with E-state index in [0.29, 0.717) is 11.2 Å². The molecule has 0 aromatic carbocycles. The van der Waals surface area contributed by atoms with Crippen LogP contribution in [0.25, 0.3) is 11.2 Å². The van der Waals surface area contributed by atoms with Crippen LogP contribution in [0, 0.1) is 0 Å². The Morgan fingerprint density at radius 2 is 2.15 bits per heavy atom. The van der Waals surface area contributed by atoms with Crippen molar-refractivity contribution in [3.8, 4) is 0 Å². The number of anilines is 2. The van der Waals surface area contributed by atoms with Crippen molar-refractivity contribution in [1.29, 1.82) is 0 Å². The van der Waals surface area contributed by atoms with E-state index in [1.807, 2.05) is 13.8 Å². The molecule has 142 valence electrons. The predicted octanol–water partition coefficient (Wildman–Crippen LogP) is -0.392. The molecular weight excluding hydrogens is 342 g/mol. The van der Waals surface area contributed by atoms with Gasteiger partial charge < -0.3 is 25.8 Å². The monoisotopic (exact) mass is 365 g/mol. The lowest BCUT2D eigenvalue weighted by molar-refractivity contribution is -0.0501. The van der Waals surface area contributed by atoms with Gasteiger partial charge in [0, 0.05) is 5.71 Å². The summed E-state index contributed by atoms with van der Waals surface area (Å²) in [5.74, 6) is 0.398. The van der Waals surface area contributed by atoms with E-state index in [2.05, 4.69) is 25.5 Å². The summed E-state index contributed by atoms with van der Waals surface area (Å²) in [6.45, 7) is 3.49. The maximum atomic E-state index is 10.4. The van der Waals surface area contributed by atoms with Crippen LogP contribution in [-0.2, 0) is 4.74 Å². The van der Waals surface area contributed by atoms with E-state index in [9.17, 15) is 15.3 Å². The van der Waals surface area contributed by atoms with Crippen molar-refractivity contribution >= 4 is 28.6 Å². The van der Waals surface area contributed by atoms with E-state index < -0.39 is 31.1 Å². The minimum atomic E-state index is -1.29. The van der Waals surface area contributed by atoms with Gasteiger partial charge in [-0.25, -0.2) is 20.4 Å². The number of hydrazone groups is 1. The molecule has 11 nitrogen and oxygen atoms in total. The minimum Gasteiger partial charge on any atom is -0.394 e. The summed E-state index contributed by atoms with van der Waals surface area (Å²) in [6, 6.07) is 0. The number of ether oxygens (including phenoxy) is 1. The third-order valence-electron chi connectivity index (χ3n) is 4.24. The van der Waals surface area contributed by atoms with E-state index in [1.165, 1.54) is 10.9 Å². The lowest BCUT2D eigenvalue weighted by Crippen LogP contribution is -2.33. The molecule has 0 unspecified atom stereocenters. The fourth-order valence-electron chi connectivity index (χ4n) is 2.90. The minimum absolute atomic E-state index is 0.165. The van der Waals surface area contributed by atoms with Crippen molar-refractivity contribution in [1.82, 2.24) is 19.5 Å². The first-order valence-corrected chi connectivity index (χ1v) is 8.38. The number of hydrogen-bond donors (Lipinski definition) is 5. The lowest BCUT2D eigenvalue weighted by Gasteiger charge is -2.18. The number of nitrogens with two attached hydrogens (primary N) is 1. The predicted molar refractivity (Wildman–Crippen MR) is 94.4 cm³/mol. The van der Waals surface area contributed by atoms with Crippen LogP contribution in [-0.4, -0.2) is 65.5 Å². The Bertz CT molecular complexity index is 809. The summed E-state index contributed by atoms with van der Waals surface area (Å²) in [5, 5.41) is 34.0. The summed E-state index contributed by atoms with van der Waals surface area (Å²) in [6.07, 6.45) is -1.46. The van der Waals surface area contributed by atoms with Gasteiger partial charge in [-0.3, -0.25) is 4.57 Å². The zero-order valence-electron chi connectivity index (χ0n) is 14.6. The first-order chi connectivity index (χ1) is 12.5. The molecule has 0 saturated carbocycles. The van der Waals surface area contributed by atoms with Crippen molar-refractivity contribution in [3.05, 3.63) is 6.33 Å². The van der Waals surface area contributed by atoms with Crippen LogP contribution in [0.4, 0.5) is 11.8 Å². The molecule has 0 radical (unpaired) electrons. The molecule has 0 amide bonds. The van der Waals surface area contributed by atoms with Crippen LogP contribution >= 0.6 is 0 Å². The molecule has 1 saturated heterocycles. The number of fused-ring (bicyclic) bond motifs is 1. The summed E-state index contributed by atoms with van der Waals surface area (Å²) in [5.41, 5.74) is 10.2. The molecule has 1 aliphatic rings. The van der Waals surface area contributed by atoms with Gasteiger partial charge in [0.25, 0.3) is 0 Å². The molecule has 0 spiro atoms. The number of nitrogens with one attached hydrogen (secondary N) is 1. The second kappa shape index (κ2) is 7.50. The number of rotatable bonds is 6. The molecule has 2 aromatic heterocycles. The van der Waals surface area contributed by atoms with E-state index in [1.54, 1.807) is 0 Å². The average molecular weight is 365 g/mol. The normalized spacial score (nSPS) is 26.6. The van der Waals surface area contributed by atoms with Gasteiger partial charge in [-0.1, -0.05) is 13.3 Å². The highest BCUT2D eigenvalue weighted by Crippen LogP contribution is 2.35. The number of nitrogen functional groups attached to an aromatic ring is 1. The van der Waals surface area contributed by atoms with Crippen LogP contribution < -0.4 is 11.2 Å². The van der Waals surface area contributed by atoms with Gasteiger partial charge in [0.05, 0.1) is 6.61 Å². The fraction of sp³-hybridized carbons (Fsp3) is 0.600. The zero-order valence-corrected chi connectivity index (χ0v) is 14.6. The second-order valence-electron chi connectivity index (χ2n) is 6.17. The highest BCUT2D eigenvalue weighted by Gasteiger charge is 2.45. The molecule has 0 bridgehead atoms. The Balaban J connectivity index is 2.06. The number of hydrogen-bond acceptors (Lipinski definition) is 10. The summed E-state index contributed by atoms with van der Waals surface area (Å²) >= 11 is 0. The van der Waals surface area contributed by atoms with Gasteiger partial charge in [0.1, 0.15) is 24.6 Å². The highest BCUT2D eigenvalue weighted by atomic mass is 16.6. The largest absolute Gasteiger partial charge is 0.394 e. The van der Waals surface area contributed by atoms with E-state index in [-0.39, 0.29) is 11.8 Å². The Morgan fingerprint density at radius 3 is 2.81 bits per heavy atom. The van der Waals surface area contributed by atoms with Crippen molar-refractivity contribution in [3.63, 3.8) is 0 Å². The highest BCUT2D eigenvalue weighted by molar-refractivity contribution is 5.85. The SMILES string of the molecule is CCC/C(C)=N/Nc1nc2c(N)ncnc2n1[C@@H]1O[C@H](CO)[C@@H](O)[C@@H]1O.